The maximum Gasteiger partial charge on any atom is 0.272 e. The van der Waals surface area contributed by atoms with E-state index in [0.29, 0.717) is 34.0 Å². The predicted octanol–water partition coefficient (Wildman–Crippen LogP) is 3.92. The molecule has 4 amide bonds. The van der Waals surface area contributed by atoms with Gasteiger partial charge in [0.1, 0.15) is 22.9 Å². The number of carbonyl (C=O) groups is 4. The van der Waals surface area contributed by atoms with Crippen LogP contribution in [-0.2, 0) is 21.1 Å². The lowest BCUT2D eigenvalue weighted by Crippen LogP contribution is -2.29. The Labute approximate surface area is 299 Å². The number of nitrogens with two attached hydrogens (primary N) is 1. The van der Waals surface area contributed by atoms with Crippen molar-refractivity contribution in [2.75, 3.05) is 51.1 Å². The van der Waals surface area contributed by atoms with Gasteiger partial charge in [-0.3, -0.25) is 19.2 Å². The van der Waals surface area contributed by atoms with Gasteiger partial charge in [0, 0.05) is 87.7 Å². The molecule has 0 aliphatic heterocycles. The number of carbonyl (C=O) groups excluding carboxylic acids is 4. The average molecular weight is 803 g/mol. The summed E-state index contributed by atoms with van der Waals surface area (Å²) in [5.74, 6) is -1.60. The van der Waals surface area contributed by atoms with Crippen LogP contribution in [0.2, 0.25) is 0 Å². The van der Waals surface area contributed by atoms with Gasteiger partial charge in [0.15, 0.2) is 0 Å². The molecule has 7 N–H and O–H groups in total. The minimum absolute atomic E-state index is 0.00733. The number of anilines is 4. The first-order valence-corrected chi connectivity index (χ1v) is 17.3. The Morgan fingerprint density at radius 1 is 0.735 bits per heavy atom. The van der Waals surface area contributed by atoms with E-state index in [4.69, 9.17) is 10.9 Å². The Hall–Kier alpha value is -5.03. The van der Waals surface area contributed by atoms with Crippen LogP contribution in [0.3, 0.4) is 0 Å². The molecule has 1 aromatic carbocycles. The minimum atomic E-state index is -0.455. The molecule has 0 saturated heterocycles. The van der Waals surface area contributed by atoms with Crippen LogP contribution in [0.25, 0.3) is 0 Å². The molecule has 0 spiro atoms. The maximum absolute atomic E-state index is 13.2. The number of hydrogen-bond donors (Lipinski definition) is 6. The van der Waals surface area contributed by atoms with E-state index in [2.05, 4.69) is 63.2 Å². The molecule has 260 valence electrons. The van der Waals surface area contributed by atoms with E-state index in [9.17, 15) is 19.2 Å². The number of rotatable bonds is 15. The smallest absolute Gasteiger partial charge is 0.272 e. The van der Waals surface area contributed by atoms with Crippen LogP contribution >= 0.6 is 31.9 Å². The van der Waals surface area contributed by atoms with Gasteiger partial charge >= 0.3 is 0 Å². The number of amides is 4. The summed E-state index contributed by atoms with van der Waals surface area (Å²) in [5, 5.41) is 24.2. The molecule has 4 rings (SSSR count). The lowest BCUT2D eigenvalue weighted by atomic mass is 10.1. The van der Waals surface area contributed by atoms with Crippen molar-refractivity contribution in [3.8, 4) is 0 Å². The zero-order valence-electron chi connectivity index (χ0n) is 27.2. The van der Waals surface area contributed by atoms with Crippen molar-refractivity contribution >= 4 is 84.1 Å². The molecule has 0 fully saturated rings. The second-order valence-corrected chi connectivity index (χ2v) is 12.6. The second kappa shape index (κ2) is 16.9. The topological polar surface area (TPSA) is 193 Å². The summed E-state index contributed by atoms with van der Waals surface area (Å²) in [6, 6.07) is 12.0. The molecule has 0 saturated carbocycles. The Kier molecular flexibility index (Phi) is 12.7. The Morgan fingerprint density at radius 2 is 1.16 bits per heavy atom. The highest BCUT2D eigenvalue weighted by atomic mass is 79.9. The minimum Gasteiger partial charge on any atom is -0.409 e. The molecule has 0 atom stereocenters. The van der Waals surface area contributed by atoms with E-state index >= 15 is 0 Å². The highest BCUT2D eigenvalue weighted by Gasteiger charge is 2.19. The van der Waals surface area contributed by atoms with Gasteiger partial charge in [-0.2, -0.15) is 0 Å². The summed E-state index contributed by atoms with van der Waals surface area (Å²) in [5.41, 5.74) is 9.01. The molecule has 17 heteroatoms. The van der Waals surface area contributed by atoms with Gasteiger partial charge in [0.25, 0.3) is 23.6 Å². The Morgan fingerprint density at radius 3 is 1.59 bits per heavy atom. The van der Waals surface area contributed by atoms with Gasteiger partial charge in [-0.25, -0.2) is 0 Å². The van der Waals surface area contributed by atoms with Crippen molar-refractivity contribution < 1.29 is 24.4 Å². The van der Waals surface area contributed by atoms with E-state index in [1.807, 2.05) is 12.1 Å². The molecule has 4 aromatic rings. The molecule has 0 aliphatic carbocycles. The molecule has 3 aromatic heterocycles. The molecule has 0 unspecified atom stereocenters. The quantitative estimate of drug-likeness (QED) is 0.0345. The molecule has 0 radical (unpaired) electrons. The third-order valence-corrected chi connectivity index (χ3v) is 8.19. The molecular weight excluding hydrogens is 764 g/mol. The summed E-state index contributed by atoms with van der Waals surface area (Å²) in [7, 11) is 5.02. The first-order valence-electron chi connectivity index (χ1n) is 15.1. The van der Waals surface area contributed by atoms with E-state index in [-0.39, 0.29) is 30.4 Å². The molecule has 49 heavy (non-hydrogen) atoms. The number of amidine groups is 1. The molecule has 15 nitrogen and oxygen atoms in total. The molecule has 3 heterocycles. The fourth-order valence-electron chi connectivity index (χ4n) is 5.01. The molecular formula is C32H38Br2N10O5. The van der Waals surface area contributed by atoms with Crippen molar-refractivity contribution in [1.29, 1.82) is 0 Å². The summed E-state index contributed by atoms with van der Waals surface area (Å²) < 4.78 is 4.72. The highest BCUT2D eigenvalue weighted by molar-refractivity contribution is 9.09. The molecule has 0 aliphatic rings. The summed E-state index contributed by atoms with van der Waals surface area (Å²) in [6.45, 7) is 1.84. The average Bonchev–Trinajstić information content (AvgIpc) is 3.75. The van der Waals surface area contributed by atoms with E-state index < -0.39 is 17.7 Å². The van der Waals surface area contributed by atoms with Gasteiger partial charge in [-0.05, 0) is 42.5 Å². The van der Waals surface area contributed by atoms with Crippen LogP contribution in [0.5, 0.6) is 0 Å². The fraction of sp³-hybridized carbons (Fsp3) is 0.281. The number of alkyl halides is 2. The Balaban J connectivity index is 1.36. The first-order chi connectivity index (χ1) is 23.4. The van der Waals surface area contributed by atoms with Crippen LogP contribution in [0.4, 0.5) is 22.7 Å². The fourth-order valence-corrected chi connectivity index (χ4v) is 5.87. The molecule has 0 bridgehead atoms. The van der Waals surface area contributed by atoms with Crippen LogP contribution in [0.1, 0.15) is 48.2 Å². The third kappa shape index (κ3) is 9.54. The van der Waals surface area contributed by atoms with Crippen molar-refractivity contribution in [1.82, 2.24) is 19.0 Å². The third-order valence-electron chi connectivity index (χ3n) is 7.49. The van der Waals surface area contributed by atoms with Crippen LogP contribution in [0.15, 0.2) is 66.2 Å². The number of benzene rings is 1. The van der Waals surface area contributed by atoms with Gasteiger partial charge in [-0.1, -0.05) is 37.0 Å². The number of aryl methyl sites for hydroxylation is 3. The van der Waals surface area contributed by atoms with E-state index in [0.717, 1.165) is 29.4 Å². The largest absolute Gasteiger partial charge is 0.409 e. The predicted molar refractivity (Wildman–Crippen MR) is 197 cm³/mol. The number of hydrogen-bond acceptors (Lipinski definition) is 7. The standard InChI is InChI=1S/C32H38Br2N10O5/c1-41-18-22(14-25(41)30(46)36-11-8-28(35)40-49)38-32(48)27-16-23(19-43(27)3)39-31(47)26-15-21(17-42(26)2)37-29(45)20-4-6-24(7-5-20)44(12-9-33)13-10-34/h4-7,14-19,49H,8-13H2,1-3H3,(H2,35,40)(H,36,46)(H,37,45)(H,38,48)(H,39,47). The van der Waals surface area contributed by atoms with E-state index in [1.54, 1.807) is 71.6 Å². The zero-order chi connectivity index (χ0) is 35.7. The zero-order valence-corrected chi connectivity index (χ0v) is 30.3. The maximum atomic E-state index is 13.2. The summed E-state index contributed by atoms with van der Waals surface area (Å²) >= 11 is 6.95. The SMILES string of the molecule is Cn1cc(NC(=O)c2cc(NC(=O)c3cc(NC(=O)c4ccc(N(CCBr)CCBr)cc4)cn3C)cn2C)cc1C(=O)NCCC(N)=NO. The van der Waals surface area contributed by atoms with Crippen molar-refractivity contribution in [3.05, 3.63) is 83.7 Å². The summed E-state index contributed by atoms with van der Waals surface area (Å²) in [4.78, 5) is 54.0. The number of aromatic nitrogens is 3. The van der Waals surface area contributed by atoms with Crippen molar-refractivity contribution in [2.45, 2.75) is 6.42 Å². The van der Waals surface area contributed by atoms with Crippen LogP contribution in [0, 0.1) is 0 Å². The van der Waals surface area contributed by atoms with E-state index in [1.165, 1.54) is 12.1 Å². The van der Waals surface area contributed by atoms with Gasteiger partial charge in [0.05, 0.1) is 17.1 Å². The lowest BCUT2D eigenvalue weighted by Gasteiger charge is -2.23. The number of nitrogens with zero attached hydrogens (tertiary/aromatic N) is 5. The number of oxime groups is 1. The number of halogens is 2. The van der Waals surface area contributed by atoms with Crippen LogP contribution in [-0.4, -0.2) is 78.7 Å². The van der Waals surface area contributed by atoms with Crippen molar-refractivity contribution in [2.24, 2.45) is 32.0 Å². The van der Waals surface area contributed by atoms with Crippen molar-refractivity contribution in [3.63, 3.8) is 0 Å². The Bertz CT molecular complexity index is 1840. The number of nitrogens with one attached hydrogen (secondary N) is 4. The van der Waals surface area contributed by atoms with Gasteiger partial charge in [0.2, 0.25) is 0 Å². The summed E-state index contributed by atoms with van der Waals surface area (Å²) in [6.07, 6.45) is 5.01. The van der Waals surface area contributed by atoms with Crippen LogP contribution < -0.4 is 31.9 Å². The van der Waals surface area contributed by atoms with Gasteiger partial charge in [-0.15, -0.1) is 0 Å². The van der Waals surface area contributed by atoms with Gasteiger partial charge < -0.3 is 50.8 Å². The first kappa shape index (κ1) is 36.8. The lowest BCUT2D eigenvalue weighted by molar-refractivity contribution is 0.0944. The highest BCUT2D eigenvalue weighted by Crippen LogP contribution is 2.21. The normalized spacial score (nSPS) is 11.2. The second-order valence-electron chi connectivity index (χ2n) is 11.0. The monoisotopic (exact) mass is 800 g/mol.